The van der Waals surface area contributed by atoms with Gasteiger partial charge < -0.3 is 10.5 Å². The topological polar surface area (TPSA) is 35.2 Å². The van der Waals surface area contributed by atoms with Crippen LogP contribution in [0.1, 0.15) is 43.5 Å². The van der Waals surface area contributed by atoms with Crippen molar-refractivity contribution in [2.45, 2.75) is 44.2 Å². The predicted octanol–water partition coefficient (Wildman–Crippen LogP) is 3.75. The number of rotatable bonds is 4. The molecule has 1 heterocycles. The van der Waals surface area contributed by atoms with Gasteiger partial charge in [0.05, 0.1) is 16.0 Å². The molecular formula is C12H18ClNOS. The van der Waals surface area contributed by atoms with E-state index < -0.39 is 0 Å². The first kappa shape index (κ1) is 12.4. The highest BCUT2D eigenvalue weighted by Gasteiger charge is 2.41. The Balaban J connectivity index is 2.20. The van der Waals surface area contributed by atoms with Gasteiger partial charge in [-0.1, -0.05) is 24.4 Å². The van der Waals surface area contributed by atoms with Gasteiger partial charge in [-0.3, -0.25) is 0 Å². The first-order valence-corrected chi connectivity index (χ1v) is 7.02. The highest BCUT2D eigenvalue weighted by molar-refractivity contribution is 7.16. The monoisotopic (exact) mass is 259 g/mol. The highest BCUT2D eigenvalue weighted by atomic mass is 35.5. The molecule has 2 rings (SSSR count). The van der Waals surface area contributed by atoms with Crippen LogP contribution in [0.4, 0.5) is 0 Å². The van der Waals surface area contributed by atoms with Crippen molar-refractivity contribution in [3.8, 4) is 0 Å². The first-order valence-electron chi connectivity index (χ1n) is 5.83. The molecule has 1 aromatic rings. The van der Waals surface area contributed by atoms with Crippen LogP contribution in [0.15, 0.2) is 12.1 Å². The van der Waals surface area contributed by atoms with Crippen LogP contribution in [0.2, 0.25) is 4.34 Å². The van der Waals surface area contributed by atoms with Crippen LogP contribution in [0.3, 0.4) is 0 Å². The lowest BCUT2D eigenvalue weighted by molar-refractivity contribution is -0.0529. The van der Waals surface area contributed by atoms with Crippen molar-refractivity contribution < 1.29 is 4.74 Å². The van der Waals surface area contributed by atoms with Gasteiger partial charge in [0, 0.05) is 11.5 Å². The van der Waals surface area contributed by atoms with Crippen LogP contribution in [0.5, 0.6) is 0 Å². The van der Waals surface area contributed by atoms with Gasteiger partial charge in [0.15, 0.2) is 0 Å². The van der Waals surface area contributed by atoms with E-state index in [-0.39, 0.29) is 11.6 Å². The molecule has 2 N–H and O–H groups in total. The summed E-state index contributed by atoms with van der Waals surface area (Å²) in [5.74, 6) is 0. The van der Waals surface area contributed by atoms with Gasteiger partial charge in [-0.05, 0) is 31.9 Å². The summed E-state index contributed by atoms with van der Waals surface area (Å²) < 4.78 is 6.76. The summed E-state index contributed by atoms with van der Waals surface area (Å²) >= 11 is 7.52. The standard InChI is InChI=1S/C12H18ClNOS/c1-2-15-12(7-3-4-8-12)11(14)9-5-6-10(13)16-9/h5-6,11H,2-4,7-8,14H2,1H3. The van der Waals surface area contributed by atoms with Gasteiger partial charge in [0.2, 0.25) is 0 Å². The summed E-state index contributed by atoms with van der Waals surface area (Å²) in [7, 11) is 0. The Bertz CT molecular complexity index is 347. The molecule has 90 valence electrons. The molecule has 16 heavy (non-hydrogen) atoms. The number of thiophene rings is 1. The van der Waals surface area contributed by atoms with Gasteiger partial charge in [-0.15, -0.1) is 11.3 Å². The minimum absolute atomic E-state index is 0.0348. The Kier molecular flexibility index (Phi) is 3.90. The fourth-order valence-corrected chi connectivity index (χ4v) is 3.73. The smallest absolute Gasteiger partial charge is 0.0931 e. The zero-order chi connectivity index (χ0) is 11.6. The lowest BCUT2D eigenvalue weighted by Crippen LogP contribution is -2.41. The maximum atomic E-state index is 6.36. The van der Waals surface area contributed by atoms with Crippen molar-refractivity contribution in [1.82, 2.24) is 0 Å². The molecule has 0 spiro atoms. The number of nitrogens with two attached hydrogens (primary N) is 1. The molecule has 1 saturated carbocycles. The van der Waals surface area contributed by atoms with Crippen molar-refractivity contribution >= 4 is 22.9 Å². The van der Waals surface area contributed by atoms with Crippen LogP contribution in [-0.4, -0.2) is 12.2 Å². The normalized spacial score (nSPS) is 21.2. The van der Waals surface area contributed by atoms with Crippen molar-refractivity contribution in [2.24, 2.45) is 5.73 Å². The molecule has 0 amide bonds. The second-order valence-electron chi connectivity index (χ2n) is 4.32. The molecular weight excluding hydrogens is 242 g/mol. The van der Waals surface area contributed by atoms with E-state index in [1.165, 1.54) is 12.8 Å². The number of halogens is 1. The Labute approximate surface area is 106 Å². The third-order valence-electron chi connectivity index (χ3n) is 3.35. The maximum Gasteiger partial charge on any atom is 0.0931 e. The molecule has 1 aliphatic carbocycles. The van der Waals surface area contributed by atoms with E-state index in [4.69, 9.17) is 22.1 Å². The molecule has 0 aliphatic heterocycles. The zero-order valence-corrected chi connectivity index (χ0v) is 11.1. The molecule has 1 unspecified atom stereocenters. The summed E-state index contributed by atoms with van der Waals surface area (Å²) in [4.78, 5) is 1.14. The Morgan fingerprint density at radius 2 is 2.19 bits per heavy atom. The Morgan fingerprint density at radius 1 is 1.50 bits per heavy atom. The second kappa shape index (κ2) is 5.05. The van der Waals surface area contributed by atoms with Crippen LogP contribution in [0.25, 0.3) is 0 Å². The molecule has 0 aromatic carbocycles. The molecule has 1 fully saturated rings. The maximum absolute atomic E-state index is 6.36. The number of hydrogen-bond donors (Lipinski definition) is 1. The van der Waals surface area contributed by atoms with Gasteiger partial charge in [-0.25, -0.2) is 0 Å². The van der Waals surface area contributed by atoms with Crippen molar-refractivity contribution in [3.05, 3.63) is 21.3 Å². The first-order chi connectivity index (χ1) is 7.68. The Hall–Kier alpha value is -0.0900. The van der Waals surface area contributed by atoms with Crippen molar-refractivity contribution in [3.63, 3.8) is 0 Å². The van der Waals surface area contributed by atoms with Crippen LogP contribution in [-0.2, 0) is 4.74 Å². The fourth-order valence-electron chi connectivity index (χ4n) is 2.56. The minimum atomic E-state index is -0.150. The molecule has 0 saturated heterocycles. The summed E-state index contributed by atoms with van der Waals surface area (Å²) in [6, 6.07) is 3.90. The van der Waals surface area contributed by atoms with E-state index in [1.807, 2.05) is 19.1 Å². The lowest BCUT2D eigenvalue weighted by atomic mass is 9.91. The van der Waals surface area contributed by atoms with Crippen LogP contribution < -0.4 is 5.73 Å². The average Bonchev–Trinajstić information content (AvgIpc) is 2.87. The fraction of sp³-hybridized carbons (Fsp3) is 0.667. The number of hydrogen-bond acceptors (Lipinski definition) is 3. The SMILES string of the molecule is CCOC1(C(N)c2ccc(Cl)s2)CCCC1. The molecule has 0 bridgehead atoms. The quantitative estimate of drug-likeness (QED) is 0.894. The van der Waals surface area contributed by atoms with Gasteiger partial charge in [-0.2, -0.15) is 0 Å². The van der Waals surface area contributed by atoms with Gasteiger partial charge in [0.25, 0.3) is 0 Å². The molecule has 4 heteroatoms. The van der Waals surface area contributed by atoms with Gasteiger partial charge >= 0.3 is 0 Å². The summed E-state index contributed by atoms with van der Waals surface area (Å²) in [5.41, 5.74) is 6.21. The minimum Gasteiger partial charge on any atom is -0.373 e. The summed E-state index contributed by atoms with van der Waals surface area (Å²) in [6.07, 6.45) is 4.56. The summed E-state index contributed by atoms with van der Waals surface area (Å²) in [6.45, 7) is 2.76. The van der Waals surface area contributed by atoms with Crippen LogP contribution >= 0.6 is 22.9 Å². The molecule has 1 aliphatic rings. The van der Waals surface area contributed by atoms with Crippen LogP contribution in [0, 0.1) is 0 Å². The molecule has 2 nitrogen and oxygen atoms in total. The van der Waals surface area contributed by atoms with E-state index in [0.717, 1.165) is 28.7 Å². The van der Waals surface area contributed by atoms with E-state index in [1.54, 1.807) is 11.3 Å². The van der Waals surface area contributed by atoms with E-state index in [0.29, 0.717) is 0 Å². The molecule has 1 atom stereocenters. The highest BCUT2D eigenvalue weighted by Crippen LogP contribution is 2.43. The predicted molar refractivity (Wildman–Crippen MR) is 69.1 cm³/mol. The van der Waals surface area contributed by atoms with Crippen molar-refractivity contribution in [1.29, 1.82) is 0 Å². The van der Waals surface area contributed by atoms with E-state index in [9.17, 15) is 0 Å². The zero-order valence-electron chi connectivity index (χ0n) is 9.54. The van der Waals surface area contributed by atoms with Crippen molar-refractivity contribution in [2.75, 3.05) is 6.61 Å². The Morgan fingerprint density at radius 3 is 2.69 bits per heavy atom. The van der Waals surface area contributed by atoms with E-state index in [2.05, 4.69) is 0 Å². The third kappa shape index (κ3) is 2.28. The third-order valence-corrected chi connectivity index (χ3v) is 4.66. The summed E-state index contributed by atoms with van der Waals surface area (Å²) in [5, 5.41) is 0. The second-order valence-corrected chi connectivity index (χ2v) is 6.07. The van der Waals surface area contributed by atoms with Gasteiger partial charge in [0.1, 0.15) is 0 Å². The molecule has 1 aromatic heterocycles. The molecule has 0 radical (unpaired) electrons. The average molecular weight is 260 g/mol. The number of ether oxygens (including phenoxy) is 1. The largest absolute Gasteiger partial charge is 0.373 e. The van der Waals surface area contributed by atoms with E-state index >= 15 is 0 Å². The lowest BCUT2D eigenvalue weighted by Gasteiger charge is -2.34.